The van der Waals surface area contributed by atoms with Crippen LogP contribution in [0.2, 0.25) is 0 Å². The Labute approximate surface area is 225 Å². The SMILES string of the molecule is CCOCCN(CCCCc1ccc2c(n1)NCCC2)CC[C@H](NC(=O)c1ncoc1C(C)(C)C)C(=O)O. The summed E-state index contributed by atoms with van der Waals surface area (Å²) in [5, 5.41) is 15.8. The molecule has 0 aliphatic carbocycles. The van der Waals surface area contributed by atoms with Crippen LogP contribution in [0.25, 0.3) is 0 Å². The number of carboxylic acids is 1. The number of rotatable bonds is 15. The monoisotopic (exact) mass is 529 g/mol. The van der Waals surface area contributed by atoms with Crippen LogP contribution in [0.4, 0.5) is 5.82 Å². The zero-order valence-corrected chi connectivity index (χ0v) is 23.2. The Bertz CT molecular complexity index is 1050. The number of hydrogen-bond acceptors (Lipinski definition) is 8. The first-order valence-electron chi connectivity index (χ1n) is 13.7. The Morgan fingerprint density at radius 3 is 2.79 bits per heavy atom. The van der Waals surface area contributed by atoms with Crippen molar-refractivity contribution in [3.63, 3.8) is 0 Å². The molecule has 3 heterocycles. The standard InChI is InChI=1S/C28H43N5O5/c1-5-37-18-17-33(15-7-6-10-21-12-11-20-9-8-14-29-25(20)31-21)16-13-22(27(35)36)32-26(34)23-24(28(2,3)4)38-19-30-23/h11-12,19,22H,5-10,13-18H2,1-4H3,(H,29,31)(H,32,34)(H,35,36)/t22-/m0/s1. The van der Waals surface area contributed by atoms with Gasteiger partial charge in [-0.15, -0.1) is 0 Å². The third kappa shape index (κ3) is 8.80. The Morgan fingerprint density at radius 1 is 1.24 bits per heavy atom. The number of ether oxygens (including phenoxy) is 1. The van der Waals surface area contributed by atoms with E-state index in [2.05, 4.69) is 32.7 Å². The highest BCUT2D eigenvalue weighted by atomic mass is 16.5. The van der Waals surface area contributed by atoms with Gasteiger partial charge in [-0.05, 0) is 63.6 Å². The van der Waals surface area contributed by atoms with Gasteiger partial charge in [-0.1, -0.05) is 26.8 Å². The second kappa shape index (κ2) is 14.2. The van der Waals surface area contributed by atoms with Gasteiger partial charge < -0.3 is 29.8 Å². The molecule has 38 heavy (non-hydrogen) atoms. The van der Waals surface area contributed by atoms with Gasteiger partial charge >= 0.3 is 5.97 Å². The summed E-state index contributed by atoms with van der Waals surface area (Å²) in [7, 11) is 0. The number of carbonyl (C=O) groups excluding carboxylic acids is 1. The number of fused-ring (bicyclic) bond motifs is 1. The van der Waals surface area contributed by atoms with Crippen LogP contribution in [0.3, 0.4) is 0 Å². The fourth-order valence-corrected chi connectivity index (χ4v) is 4.56. The van der Waals surface area contributed by atoms with E-state index in [4.69, 9.17) is 14.1 Å². The number of hydrogen-bond donors (Lipinski definition) is 3. The predicted molar refractivity (Wildman–Crippen MR) is 146 cm³/mol. The molecule has 10 nitrogen and oxygen atoms in total. The maximum absolute atomic E-state index is 12.8. The average Bonchev–Trinajstić information content (AvgIpc) is 3.39. The molecule has 0 unspecified atom stereocenters. The second-order valence-electron chi connectivity index (χ2n) is 10.8. The first-order valence-corrected chi connectivity index (χ1v) is 13.7. The number of aromatic nitrogens is 2. The summed E-state index contributed by atoms with van der Waals surface area (Å²) in [5.74, 6) is -0.157. The van der Waals surface area contributed by atoms with Crippen molar-refractivity contribution >= 4 is 17.7 Å². The fourth-order valence-electron chi connectivity index (χ4n) is 4.56. The van der Waals surface area contributed by atoms with E-state index < -0.39 is 23.3 Å². The molecule has 2 aromatic rings. The summed E-state index contributed by atoms with van der Waals surface area (Å²) in [4.78, 5) is 35.8. The van der Waals surface area contributed by atoms with Crippen LogP contribution in [0.5, 0.6) is 0 Å². The van der Waals surface area contributed by atoms with Gasteiger partial charge in [0.05, 0.1) is 6.61 Å². The van der Waals surface area contributed by atoms with Crippen LogP contribution in [0, 0.1) is 0 Å². The number of aliphatic carboxylic acids is 1. The van der Waals surface area contributed by atoms with Crippen LogP contribution in [-0.2, 0) is 27.8 Å². The van der Waals surface area contributed by atoms with Gasteiger partial charge in [0.15, 0.2) is 12.1 Å². The summed E-state index contributed by atoms with van der Waals surface area (Å²) < 4.78 is 11.0. The summed E-state index contributed by atoms with van der Waals surface area (Å²) >= 11 is 0. The molecule has 0 saturated carbocycles. The van der Waals surface area contributed by atoms with Gasteiger partial charge in [0.25, 0.3) is 5.91 Å². The topological polar surface area (TPSA) is 130 Å². The molecule has 1 atom stereocenters. The van der Waals surface area contributed by atoms with Gasteiger partial charge in [0, 0.05) is 37.4 Å². The van der Waals surface area contributed by atoms with Gasteiger partial charge in [0.1, 0.15) is 17.6 Å². The summed E-state index contributed by atoms with van der Waals surface area (Å²) in [6.07, 6.45) is 6.56. The number of unbranched alkanes of at least 4 members (excludes halogenated alkanes) is 1. The molecule has 3 rings (SSSR count). The lowest BCUT2D eigenvalue weighted by Gasteiger charge is -2.24. The van der Waals surface area contributed by atoms with Crippen LogP contribution < -0.4 is 10.6 Å². The number of nitrogens with one attached hydrogen (secondary N) is 2. The van der Waals surface area contributed by atoms with Crippen LogP contribution in [0.1, 0.15) is 80.9 Å². The maximum Gasteiger partial charge on any atom is 0.326 e. The highest BCUT2D eigenvalue weighted by molar-refractivity contribution is 5.96. The third-order valence-corrected chi connectivity index (χ3v) is 6.67. The van der Waals surface area contributed by atoms with E-state index in [-0.39, 0.29) is 12.1 Å². The molecular formula is C28H43N5O5. The molecule has 1 aliphatic heterocycles. The molecule has 2 aromatic heterocycles. The highest BCUT2D eigenvalue weighted by Gasteiger charge is 2.29. The molecule has 0 bridgehead atoms. The van der Waals surface area contributed by atoms with Crippen molar-refractivity contribution in [2.75, 3.05) is 44.7 Å². The molecule has 0 radical (unpaired) electrons. The number of nitrogens with zero attached hydrogens (tertiary/aromatic N) is 3. The summed E-state index contributed by atoms with van der Waals surface area (Å²) in [5.41, 5.74) is 2.08. The number of amides is 1. The minimum absolute atomic E-state index is 0.128. The van der Waals surface area contributed by atoms with Crippen molar-refractivity contribution in [3.8, 4) is 0 Å². The van der Waals surface area contributed by atoms with Gasteiger partial charge in [-0.25, -0.2) is 14.8 Å². The summed E-state index contributed by atoms with van der Waals surface area (Å²) in [6.45, 7) is 11.9. The van der Waals surface area contributed by atoms with E-state index in [1.165, 1.54) is 12.0 Å². The number of pyridine rings is 1. The van der Waals surface area contributed by atoms with Crippen LogP contribution >= 0.6 is 0 Å². The van der Waals surface area contributed by atoms with Gasteiger partial charge in [0.2, 0.25) is 0 Å². The minimum Gasteiger partial charge on any atom is -0.480 e. The molecule has 0 saturated heterocycles. The van der Waals surface area contributed by atoms with Crippen molar-refractivity contribution in [3.05, 3.63) is 41.2 Å². The van der Waals surface area contributed by atoms with E-state index in [0.29, 0.717) is 32.1 Å². The zero-order valence-electron chi connectivity index (χ0n) is 23.2. The largest absolute Gasteiger partial charge is 0.480 e. The second-order valence-corrected chi connectivity index (χ2v) is 10.8. The van der Waals surface area contributed by atoms with Crippen LogP contribution in [-0.4, -0.2) is 77.3 Å². The van der Waals surface area contributed by atoms with Crippen molar-refractivity contribution in [2.24, 2.45) is 0 Å². The average molecular weight is 530 g/mol. The van der Waals surface area contributed by atoms with Crippen LogP contribution in [0.15, 0.2) is 22.9 Å². The lowest BCUT2D eigenvalue weighted by atomic mass is 9.91. The third-order valence-electron chi connectivity index (χ3n) is 6.67. The molecule has 10 heteroatoms. The molecule has 3 N–H and O–H groups in total. The van der Waals surface area contributed by atoms with E-state index in [0.717, 1.165) is 56.7 Å². The predicted octanol–water partition coefficient (Wildman–Crippen LogP) is 3.66. The van der Waals surface area contributed by atoms with Crippen molar-refractivity contribution in [1.82, 2.24) is 20.2 Å². The number of carboxylic acid groups (broad SMARTS) is 1. The highest BCUT2D eigenvalue weighted by Crippen LogP contribution is 2.25. The van der Waals surface area contributed by atoms with Crippen molar-refractivity contribution in [2.45, 2.75) is 77.7 Å². The number of oxazole rings is 1. The molecule has 1 amide bonds. The maximum atomic E-state index is 12.8. The Morgan fingerprint density at radius 2 is 2.05 bits per heavy atom. The summed E-state index contributed by atoms with van der Waals surface area (Å²) in [6, 6.07) is 3.27. The fraction of sp³-hybridized carbons (Fsp3) is 0.643. The quantitative estimate of drug-likeness (QED) is 0.296. The lowest BCUT2D eigenvalue weighted by molar-refractivity contribution is -0.139. The molecule has 1 aliphatic rings. The van der Waals surface area contributed by atoms with Crippen molar-refractivity contribution in [1.29, 1.82) is 0 Å². The van der Waals surface area contributed by atoms with E-state index >= 15 is 0 Å². The van der Waals surface area contributed by atoms with E-state index in [1.54, 1.807) is 0 Å². The zero-order chi connectivity index (χ0) is 27.5. The molecule has 210 valence electrons. The molecule has 0 aromatic carbocycles. The van der Waals surface area contributed by atoms with Crippen molar-refractivity contribution < 1.29 is 23.8 Å². The molecule has 0 spiro atoms. The molecule has 0 fully saturated rings. The van der Waals surface area contributed by atoms with E-state index in [9.17, 15) is 14.7 Å². The van der Waals surface area contributed by atoms with Gasteiger partial charge in [-0.3, -0.25) is 4.79 Å². The Hall–Kier alpha value is -2.98. The Kier molecular flexibility index (Phi) is 11.1. The first-order chi connectivity index (χ1) is 18.2. The number of anilines is 1. The number of carbonyl (C=O) groups is 2. The Balaban J connectivity index is 1.52. The van der Waals surface area contributed by atoms with E-state index in [1.807, 2.05) is 27.7 Å². The lowest BCUT2D eigenvalue weighted by Crippen LogP contribution is -2.44. The normalized spacial score (nSPS) is 14.1. The van der Waals surface area contributed by atoms with Gasteiger partial charge in [-0.2, -0.15) is 0 Å². The first kappa shape index (κ1) is 29.6. The molecular weight excluding hydrogens is 486 g/mol. The number of aryl methyl sites for hydroxylation is 2. The minimum atomic E-state index is -1.07. The smallest absolute Gasteiger partial charge is 0.326 e.